The molecule has 1 rings (SSSR count). The molecule has 6 heteroatoms. The Bertz CT molecular complexity index is 464. The average Bonchev–Trinajstić information content (AvgIpc) is 2.39. The van der Waals surface area contributed by atoms with E-state index in [9.17, 15) is 14.7 Å². The van der Waals surface area contributed by atoms with E-state index < -0.39 is 23.5 Å². The molecule has 20 heavy (non-hydrogen) atoms. The van der Waals surface area contributed by atoms with Crippen LogP contribution in [0, 0.1) is 0 Å². The first-order chi connectivity index (χ1) is 9.35. The molecule has 0 saturated carbocycles. The van der Waals surface area contributed by atoms with Gasteiger partial charge in [-0.05, 0) is 24.8 Å². The van der Waals surface area contributed by atoms with Gasteiger partial charge in [0, 0.05) is 6.42 Å². The van der Waals surface area contributed by atoms with Crippen LogP contribution < -0.4 is 11.5 Å². The van der Waals surface area contributed by atoms with Crippen molar-refractivity contribution in [2.24, 2.45) is 11.5 Å². The van der Waals surface area contributed by atoms with Crippen molar-refractivity contribution >= 4 is 11.9 Å². The van der Waals surface area contributed by atoms with Gasteiger partial charge in [-0.15, -0.1) is 0 Å². The molecule has 0 aliphatic carbocycles. The summed E-state index contributed by atoms with van der Waals surface area (Å²) in [7, 11) is 0. The first-order valence-electron chi connectivity index (χ1n) is 6.40. The normalized spacial score (nSPS) is 15.3. The second-order valence-electron chi connectivity index (χ2n) is 4.96. The van der Waals surface area contributed by atoms with Gasteiger partial charge in [-0.1, -0.05) is 30.3 Å². The highest BCUT2D eigenvalue weighted by Crippen LogP contribution is 2.19. The lowest BCUT2D eigenvalue weighted by molar-refractivity contribution is -0.143. The van der Waals surface area contributed by atoms with Crippen LogP contribution in [0.4, 0.5) is 0 Å². The van der Waals surface area contributed by atoms with Crippen molar-refractivity contribution in [1.82, 2.24) is 0 Å². The van der Waals surface area contributed by atoms with Crippen molar-refractivity contribution in [3.63, 3.8) is 0 Å². The standard InChI is InChI=1S/C14H20N2O4/c15-11(12(17)18)7-4-8-14(16,13(19)20)9-10-5-2-1-3-6-10/h1-3,5-6,11H,4,7-9,15-16H2,(H,17,18)(H,19,20)/t11-,14+/m1/s1. The molecule has 6 N–H and O–H groups in total. The molecule has 0 fully saturated rings. The third kappa shape index (κ3) is 4.64. The fourth-order valence-electron chi connectivity index (χ4n) is 1.99. The van der Waals surface area contributed by atoms with Gasteiger partial charge in [-0.3, -0.25) is 9.59 Å². The number of hydrogen-bond donors (Lipinski definition) is 4. The van der Waals surface area contributed by atoms with Gasteiger partial charge in [0.15, 0.2) is 0 Å². The fourth-order valence-corrected chi connectivity index (χ4v) is 1.99. The Morgan fingerprint density at radius 1 is 1.20 bits per heavy atom. The lowest BCUT2D eigenvalue weighted by Gasteiger charge is -2.25. The summed E-state index contributed by atoms with van der Waals surface area (Å²) in [6.45, 7) is 0. The summed E-state index contributed by atoms with van der Waals surface area (Å²) in [5, 5.41) is 18.0. The quantitative estimate of drug-likeness (QED) is 0.552. The van der Waals surface area contributed by atoms with Crippen LogP contribution in [0.25, 0.3) is 0 Å². The van der Waals surface area contributed by atoms with Crippen molar-refractivity contribution in [1.29, 1.82) is 0 Å². The summed E-state index contributed by atoms with van der Waals surface area (Å²) in [6.07, 6.45) is 0.934. The SMILES string of the molecule is N[C@H](CCC[C@](N)(Cc1ccccc1)C(=O)O)C(=O)O. The van der Waals surface area contributed by atoms with Crippen LogP contribution in [-0.4, -0.2) is 33.7 Å². The molecule has 0 unspecified atom stereocenters. The van der Waals surface area contributed by atoms with Gasteiger partial charge >= 0.3 is 11.9 Å². The molecular weight excluding hydrogens is 260 g/mol. The Labute approximate surface area is 117 Å². The highest BCUT2D eigenvalue weighted by atomic mass is 16.4. The highest BCUT2D eigenvalue weighted by Gasteiger charge is 2.33. The number of hydrogen-bond acceptors (Lipinski definition) is 4. The number of carboxylic acids is 2. The Morgan fingerprint density at radius 3 is 2.30 bits per heavy atom. The summed E-state index contributed by atoms with van der Waals surface area (Å²) >= 11 is 0. The predicted octanol–water partition coefficient (Wildman–Crippen LogP) is 0.593. The maximum absolute atomic E-state index is 11.4. The van der Waals surface area contributed by atoms with Crippen LogP contribution in [0.3, 0.4) is 0 Å². The van der Waals surface area contributed by atoms with Crippen molar-refractivity contribution in [2.75, 3.05) is 0 Å². The molecule has 110 valence electrons. The summed E-state index contributed by atoms with van der Waals surface area (Å²) in [5.41, 5.74) is 10.8. The molecule has 0 heterocycles. The maximum atomic E-state index is 11.4. The van der Waals surface area contributed by atoms with Crippen molar-refractivity contribution in [2.45, 2.75) is 37.3 Å². The molecule has 0 aliphatic rings. The molecule has 6 nitrogen and oxygen atoms in total. The molecule has 0 radical (unpaired) electrons. The van der Waals surface area contributed by atoms with E-state index in [1.54, 1.807) is 0 Å². The summed E-state index contributed by atoms with van der Waals surface area (Å²) < 4.78 is 0. The van der Waals surface area contributed by atoms with Gasteiger partial charge < -0.3 is 21.7 Å². The van der Waals surface area contributed by atoms with Crippen molar-refractivity contribution in [3.05, 3.63) is 35.9 Å². The highest BCUT2D eigenvalue weighted by molar-refractivity contribution is 5.79. The molecule has 0 bridgehead atoms. The number of aliphatic carboxylic acids is 2. The maximum Gasteiger partial charge on any atom is 0.324 e. The van der Waals surface area contributed by atoms with E-state index in [1.165, 1.54) is 0 Å². The minimum atomic E-state index is -1.40. The average molecular weight is 280 g/mol. The topological polar surface area (TPSA) is 127 Å². The van der Waals surface area contributed by atoms with Crippen LogP contribution in [0.1, 0.15) is 24.8 Å². The number of benzene rings is 1. The summed E-state index contributed by atoms with van der Waals surface area (Å²) in [6, 6.07) is 8.12. The van der Waals surface area contributed by atoms with Crippen LogP contribution in [0.15, 0.2) is 30.3 Å². The Balaban J connectivity index is 2.63. The van der Waals surface area contributed by atoms with Crippen LogP contribution in [0.2, 0.25) is 0 Å². The van der Waals surface area contributed by atoms with Crippen LogP contribution in [-0.2, 0) is 16.0 Å². The molecule has 1 aromatic rings. The molecule has 2 atom stereocenters. The van der Waals surface area contributed by atoms with E-state index in [0.717, 1.165) is 5.56 Å². The van der Waals surface area contributed by atoms with E-state index in [4.69, 9.17) is 16.6 Å². The third-order valence-electron chi connectivity index (χ3n) is 3.24. The van der Waals surface area contributed by atoms with Crippen LogP contribution in [0.5, 0.6) is 0 Å². The lowest BCUT2D eigenvalue weighted by Crippen LogP contribution is -2.50. The van der Waals surface area contributed by atoms with E-state index in [0.29, 0.717) is 6.42 Å². The largest absolute Gasteiger partial charge is 0.480 e. The van der Waals surface area contributed by atoms with Crippen LogP contribution >= 0.6 is 0 Å². The van der Waals surface area contributed by atoms with Gasteiger partial charge in [0.25, 0.3) is 0 Å². The van der Waals surface area contributed by atoms with E-state index >= 15 is 0 Å². The molecule has 0 aliphatic heterocycles. The zero-order valence-corrected chi connectivity index (χ0v) is 11.2. The van der Waals surface area contributed by atoms with Gasteiger partial charge in [-0.2, -0.15) is 0 Å². The zero-order valence-electron chi connectivity index (χ0n) is 11.2. The first kappa shape index (κ1) is 16.1. The summed E-state index contributed by atoms with van der Waals surface area (Å²) in [4.78, 5) is 22.0. The van der Waals surface area contributed by atoms with Gasteiger partial charge in [0.1, 0.15) is 11.6 Å². The second kappa shape index (κ2) is 7.02. The third-order valence-corrected chi connectivity index (χ3v) is 3.24. The van der Waals surface area contributed by atoms with Crippen molar-refractivity contribution < 1.29 is 19.8 Å². The Hall–Kier alpha value is -1.92. The monoisotopic (exact) mass is 280 g/mol. The zero-order chi connectivity index (χ0) is 15.2. The molecule has 0 saturated heterocycles. The van der Waals surface area contributed by atoms with E-state index in [2.05, 4.69) is 0 Å². The van der Waals surface area contributed by atoms with Crippen molar-refractivity contribution in [3.8, 4) is 0 Å². The Morgan fingerprint density at radius 2 is 1.80 bits per heavy atom. The minimum absolute atomic E-state index is 0.179. The molecule has 0 spiro atoms. The smallest absolute Gasteiger partial charge is 0.324 e. The number of carboxylic acid groups (broad SMARTS) is 2. The van der Waals surface area contributed by atoms with Gasteiger partial charge in [0.2, 0.25) is 0 Å². The Kier molecular flexibility index (Phi) is 5.66. The minimum Gasteiger partial charge on any atom is -0.480 e. The molecule has 1 aromatic carbocycles. The number of nitrogens with two attached hydrogens (primary N) is 2. The number of rotatable bonds is 8. The second-order valence-corrected chi connectivity index (χ2v) is 4.96. The molecule has 0 aromatic heterocycles. The van der Waals surface area contributed by atoms with E-state index in [1.807, 2.05) is 30.3 Å². The summed E-state index contributed by atoms with van der Waals surface area (Å²) in [5.74, 6) is -2.18. The lowest BCUT2D eigenvalue weighted by atomic mass is 9.86. The van der Waals surface area contributed by atoms with Gasteiger partial charge in [-0.25, -0.2) is 0 Å². The first-order valence-corrected chi connectivity index (χ1v) is 6.40. The fraction of sp³-hybridized carbons (Fsp3) is 0.429. The number of carbonyl (C=O) groups is 2. The van der Waals surface area contributed by atoms with E-state index in [-0.39, 0.29) is 19.3 Å². The molecule has 0 amide bonds. The van der Waals surface area contributed by atoms with Gasteiger partial charge in [0.05, 0.1) is 0 Å². The predicted molar refractivity (Wildman–Crippen MR) is 74.2 cm³/mol. The molecular formula is C14H20N2O4.